The van der Waals surface area contributed by atoms with Crippen LogP contribution in [-0.2, 0) is 4.79 Å². The summed E-state index contributed by atoms with van der Waals surface area (Å²) in [5.41, 5.74) is 3.62. The van der Waals surface area contributed by atoms with Crippen LogP contribution in [0.4, 0.5) is 18.9 Å². The lowest BCUT2D eigenvalue weighted by atomic mass is 9.81. The summed E-state index contributed by atoms with van der Waals surface area (Å²) in [7, 11) is 0. The number of imidazole rings is 1. The van der Waals surface area contributed by atoms with Crippen molar-refractivity contribution in [2.24, 2.45) is 11.8 Å². The number of anilines is 1. The van der Waals surface area contributed by atoms with E-state index in [0.29, 0.717) is 4.88 Å². The molecule has 0 aliphatic heterocycles. The van der Waals surface area contributed by atoms with Crippen LogP contribution in [-0.4, -0.2) is 38.6 Å². The van der Waals surface area contributed by atoms with Gasteiger partial charge >= 0.3 is 12.1 Å². The minimum Gasteiger partial charge on any atom is -0.477 e. The molecule has 0 unspecified atom stereocenters. The van der Waals surface area contributed by atoms with Gasteiger partial charge in [0.1, 0.15) is 10.5 Å². The zero-order chi connectivity index (χ0) is 27.9. The number of alkyl halides is 3. The molecule has 1 saturated carbocycles. The molecule has 1 amide bonds. The van der Waals surface area contributed by atoms with Crippen LogP contribution in [0.25, 0.3) is 27.3 Å². The fourth-order valence-electron chi connectivity index (χ4n) is 5.25. The van der Waals surface area contributed by atoms with Crippen molar-refractivity contribution < 1.29 is 27.9 Å². The van der Waals surface area contributed by atoms with Crippen LogP contribution in [0.1, 0.15) is 49.2 Å². The lowest BCUT2D eigenvalue weighted by Gasteiger charge is -2.34. The molecule has 204 valence electrons. The zero-order valence-corrected chi connectivity index (χ0v) is 22.3. The number of carboxylic acid groups (broad SMARTS) is 1. The number of aromatic carboxylic acids is 1. The average molecular weight is 556 g/mol. The summed E-state index contributed by atoms with van der Waals surface area (Å²) >= 11 is 1.08. The molecule has 1 aliphatic carbocycles. The standard InChI is InChI=1S/C29H28F3N3O3S/c1-17(2)35(27(36)20-10-12-21(13-11-20)29(30,31)32)23-15-24(39-26(23)28(37)38)19-8-6-18(7-9-19)22-16-34-14-4-3-5-25(34)33-22/h3-9,14-17,20-21H,10-13H2,1-2H3,(H,37,38). The average Bonchev–Trinajstić information content (AvgIpc) is 3.53. The Morgan fingerprint density at radius 1 is 1.05 bits per heavy atom. The lowest BCUT2D eigenvalue weighted by Crippen LogP contribution is -2.43. The van der Waals surface area contributed by atoms with Crippen LogP contribution in [0.3, 0.4) is 0 Å². The van der Waals surface area contributed by atoms with Gasteiger partial charge in [-0.15, -0.1) is 11.3 Å². The Balaban J connectivity index is 1.42. The second-order valence-electron chi connectivity index (χ2n) is 10.2. The summed E-state index contributed by atoms with van der Waals surface area (Å²) in [4.78, 5) is 32.5. The highest BCUT2D eigenvalue weighted by molar-refractivity contribution is 7.18. The first-order valence-corrected chi connectivity index (χ1v) is 13.7. The van der Waals surface area contributed by atoms with Gasteiger partial charge in [0.25, 0.3) is 0 Å². The molecule has 0 bridgehead atoms. The Labute approximate surface area is 227 Å². The van der Waals surface area contributed by atoms with E-state index in [1.807, 2.05) is 59.3 Å². The van der Waals surface area contributed by atoms with Crippen molar-refractivity contribution in [1.29, 1.82) is 0 Å². The highest BCUT2D eigenvalue weighted by atomic mass is 32.1. The molecule has 1 aliphatic rings. The predicted molar refractivity (Wildman–Crippen MR) is 145 cm³/mol. The van der Waals surface area contributed by atoms with Crippen molar-refractivity contribution in [3.05, 3.63) is 65.8 Å². The number of hydrogen-bond donors (Lipinski definition) is 1. The molecule has 3 heterocycles. The van der Waals surface area contributed by atoms with Crippen LogP contribution >= 0.6 is 11.3 Å². The molecule has 0 saturated heterocycles. The second-order valence-corrected chi connectivity index (χ2v) is 11.2. The minimum absolute atomic E-state index is 0.0282. The number of aromatic nitrogens is 2. The molecule has 1 aromatic carbocycles. The van der Waals surface area contributed by atoms with E-state index in [-0.39, 0.29) is 48.2 Å². The number of thiophene rings is 1. The van der Waals surface area contributed by atoms with Gasteiger partial charge in [-0.05, 0) is 63.3 Å². The Bertz CT molecular complexity index is 1470. The summed E-state index contributed by atoms with van der Waals surface area (Å²) < 4.78 is 41.3. The number of pyridine rings is 1. The number of amides is 1. The molecule has 39 heavy (non-hydrogen) atoms. The van der Waals surface area contributed by atoms with Gasteiger partial charge in [-0.3, -0.25) is 4.79 Å². The van der Waals surface area contributed by atoms with E-state index >= 15 is 0 Å². The Morgan fingerprint density at radius 2 is 1.72 bits per heavy atom. The van der Waals surface area contributed by atoms with Gasteiger partial charge in [-0.1, -0.05) is 30.3 Å². The normalized spacial score (nSPS) is 18.0. The highest BCUT2D eigenvalue weighted by Crippen LogP contribution is 2.43. The van der Waals surface area contributed by atoms with Crippen molar-refractivity contribution in [2.45, 2.75) is 51.7 Å². The van der Waals surface area contributed by atoms with Gasteiger partial charge in [-0.25, -0.2) is 9.78 Å². The SMILES string of the molecule is CC(C)N(C(=O)C1CCC(C(F)(F)F)CC1)c1cc(-c2ccc(-c3cn4ccccc4n3)cc2)sc1C(=O)O. The number of carbonyl (C=O) groups excluding carboxylic acids is 1. The van der Waals surface area contributed by atoms with Gasteiger partial charge in [0, 0.05) is 34.8 Å². The maximum atomic E-state index is 13.5. The Kier molecular flexibility index (Phi) is 7.24. The summed E-state index contributed by atoms with van der Waals surface area (Å²) in [6, 6.07) is 14.7. The van der Waals surface area contributed by atoms with E-state index in [0.717, 1.165) is 33.8 Å². The third-order valence-corrected chi connectivity index (χ3v) is 8.45. The first-order chi connectivity index (χ1) is 18.5. The van der Waals surface area contributed by atoms with Crippen molar-refractivity contribution in [3.63, 3.8) is 0 Å². The predicted octanol–water partition coefficient (Wildman–Crippen LogP) is 7.54. The summed E-state index contributed by atoms with van der Waals surface area (Å²) in [5, 5.41) is 9.97. The number of carbonyl (C=O) groups is 2. The maximum Gasteiger partial charge on any atom is 0.391 e. The lowest BCUT2D eigenvalue weighted by molar-refractivity contribution is -0.184. The van der Waals surface area contributed by atoms with Gasteiger partial charge < -0.3 is 14.4 Å². The summed E-state index contributed by atoms with van der Waals surface area (Å²) in [5.74, 6) is -3.43. The van der Waals surface area contributed by atoms with Gasteiger partial charge in [0.15, 0.2) is 0 Å². The molecule has 0 spiro atoms. The third kappa shape index (κ3) is 5.43. The Morgan fingerprint density at radius 3 is 2.31 bits per heavy atom. The molecule has 0 radical (unpaired) electrons. The molecule has 4 aromatic rings. The number of fused-ring (bicyclic) bond motifs is 1. The summed E-state index contributed by atoms with van der Waals surface area (Å²) in [6.45, 7) is 3.57. The van der Waals surface area contributed by atoms with Crippen LogP contribution in [0.5, 0.6) is 0 Å². The third-order valence-electron chi connectivity index (χ3n) is 7.29. The molecule has 5 rings (SSSR count). The van der Waals surface area contributed by atoms with Crippen molar-refractivity contribution >= 4 is 34.5 Å². The number of nitrogens with zero attached hydrogens (tertiary/aromatic N) is 3. The van der Waals surface area contributed by atoms with Gasteiger partial charge in [0.05, 0.1) is 17.3 Å². The van der Waals surface area contributed by atoms with E-state index in [4.69, 9.17) is 0 Å². The number of halogens is 3. The maximum absolute atomic E-state index is 13.5. The highest BCUT2D eigenvalue weighted by Gasteiger charge is 2.43. The first-order valence-electron chi connectivity index (χ1n) is 12.8. The molecule has 3 aromatic heterocycles. The number of carboxylic acids is 1. The van der Waals surface area contributed by atoms with Gasteiger partial charge in [-0.2, -0.15) is 13.2 Å². The quantitative estimate of drug-likeness (QED) is 0.267. The largest absolute Gasteiger partial charge is 0.477 e. The molecule has 10 heteroatoms. The monoisotopic (exact) mass is 555 g/mol. The molecular weight excluding hydrogens is 527 g/mol. The van der Waals surface area contributed by atoms with Crippen molar-refractivity contribution in [3.8, 4) is 21.7 Å². The second kappa shape index (κ2) is 10.5. The zero-order valence-electron chi connectivity index (χ0n) is 21.5. The minimum atomic E-state index is -4.26. The summed E-state index contributed by atoms with van der Waals surface area (Å²) in [6.07, 6.45) is -0.317. The molecule has 0 atom stereocenters. The van der Waals surface area contributed by atoms with Crippen molar-refractivity contribution in [1.82, 2.24) is 9.38 Å². The van der Waals surface area contributed by atoms with Crippen LogP contribution < -0.4 is 4.90 Å². The first kappa shape index (κ1) is 26.9. The molecule has 1 N–H and O–H groups in total. The van der Waals surface area contributed by atoms with E-state index < -0.39 is 24.0 Å². The van der Waals surface area contributed by atoms with Crippen LogP contribution in [0.15, 0.2) is 60.9 Å². The number of hydrogen-bond acceptors (Lipinski definition) is 4. The van der Waals surface area contributed by atoms with Crippen molar-refractivity contribution in [2.75, 3.05) is 4.90 Å². The van der Waals surface area contributed by atoms with E-state index in [1.165, 1.54) is 4.90 Å². The number of rotatable bonds is 6. The fourth-order valence-corrected chi connectivity index (χ4v) is 6.24. The molecular formula is C29H28F3N3O3S. The topological polar surface area (TPSA) is 74.9 Å². The van der Waals surface area contributed by atoms with E-state index in [2.05, 4.69) is 4.98 Å². The van der Waals surface area contributed by atoms with Crippen LogP contribution in [0, 0.1) is 11.8 Å². The number of benzene rings is 1. The smallest absolute Gasteiger partial charge is 0.391 e. The van der Waals surface area contributed by atoms with Gasteiger partial charge in [0.2, 0.25) is 5.91 Å². The molecule has 1 fully saturated rings. The van der Waals surface area contributed by atoms with E-state index in [9.17, 15) is 27.9 Å². The molecule has 6 nitrogen and oxygen atoms in total. The van der Waals surface area contributed by atoms with E-state index in [1.54, 1.807) is 19.9 Å². The Hall–Kier alpha value is -3.66. The fraction of sp³-hybridized carbons (Fsp3) is 0.345. The van der Waals surface area contributed by atoms with Crippen LogP contribution in [0.2, 0.25) is 0 Å².